The molecule has 1 unspecified atom stereocenters. The second-order valence-corrected chi connectivity index (χ2v) is 12.8. The number of aliphatic hydroxyl groups excluding tert-OH is 1. The summed E-state index contributed by atoms with van der Waals surface area (Å²) < 4.78 is 1.34. The Balaban J connectivity index is 1.51. The standard InChI is InChI=1S/C25H18BrClN4O3S3/c1-12-22(36-13(2)28-12)20(32)18-19(16-5-3-4-6-17(16)26)31(23(34)21(18)33)24-29-30-25(37-24)35-11-14-7-9-15(27)10-8-14/h3-10,19,33H,11H2,1-2H3. The fourth-order valence-corrected chi connectivity index (χ4v) is 7.30. The Kier molecular flexibility index (Phi) is 7.51. The summed E-state index contributed by atoms with van der Waals surface area (Å²) in [5, 5.41) is 21.2. The van der Waals surface area contributed by atoms with E-state index >= 15 is 0 Å². The van der Waals surface area contributed by atoms with Crippen molar-refractivity contribution < 1.29 is 14.7 Å². The zero-order chi connectivity index (χ0) is 26.3. The van der Waals surface area contributed by atoms with Crippen LogP contribution in [0.3, 0.4) is 0 Å². The van der Waals surface area contributed by atoms with Crippen LogP contribution in [0.5, 0.6) is 0 Å². The largest absolute Gasteiger partial charge is 0.503 e. The number of thiazole rings is 1. The molecule has 12 heteroatoms. The third-order valence-electron chi connectivity index (χ3n) is 5.64. The highest BCUT2D eigenvalue weighted by atomic mass is 79.9. The number of carbonyl (C=O) groups excluding carboxylic acids is 2. The predicted molar refractivity (Wildman–Crippen MR) is 151 cm³/mol. The molecule has 1 N–H and O–H groups in total. The molecular weight excluding hydrogens is 616 g/mol. The van der Waals surface area contributed by atoms with E-state index in [9.17, 15) is 14.7 Å². The monoisotopic (exact) mass is 632 g/mol. The second kappa shape index (κ2) is 10.7. The van der Waals surface area contributed by atoms with Gasteiger partial charge in [-0.3, -0.25) is 14.5 Å². The van der Waals surface area contributed by atoms with E-state index in [0.29, 0.717) is 35.7 Å². The Morgan fingerprint density at radius 1 is 1.14 bits per heavy atom. The first-order valence-electron chi connectivity index (χ1n) is 10.9. The van der Waals surface area contributed by atoms with Gasteiger partial charge in [-0.2, -0.15) is 0 Å². The number of anilines is 1. The molecule has 1 aliphatic rings. The summed E-state index contributed by atoms with van der Waals surface area (Å²) in [4.78, 5) is 33.2. The SMILES string of the molecule is Cc1nc(C)c(C(=O)C2=C(O)C(=O)N(c3nnc(SCc4ccc(Cl)cc4)s3)C2c2ccccc2Br)s1. The van der Waals surface area contributed by atoms with E-state index < -0.39 is 23.5 Å². The van der Waals surface area contributed by atoms with Gasteiger partial charge < -0.3 is 5.11 Å². The highest BCUT2D eigenvalue weighted by Gasteiger charge is 2.47. The molecule has 1 aliphatic heterocycles. The van der Waals surface area contributed by atoms with E-state index in [4.69, 9.17) is 11.6 Å². The molecule has 0 aliphatic carbocycles. The number of aromatic nitrogens is 3. The van der Waals surface area contributed by atoms with Gasteiger partial charge in [-0.25, -0.2) is 4.98 Å². The van der Waals surface area contributed by atoms with E-state index in [-0.39, 0.29) is 10.7 Å². The normalized spacial score (nSPS) is 15.6. The number of amides is 1. The molecule has 2 aromatic carbocycles. The summed E-state index contributed by atoms with van der Waals surface area (Å²) >= 11 is 13.5. The summed E-state index contributed by atoms with van der Waals surface area (Å²) in [6.07, 6.45) is 0. The minimum Gasteiger partial charge on any atom is -0.503 e. The van der Waals surface area contributed by atoms with Crippen molar-refractivity contribution in [2.24, 2.45) is 0 Å². The molecule has 1 amide bonds. The molecule has 7 nitrogen and oxygen atoms in total. The van der Waals surface area contributed by atoms with Crippen molar-refractivity contribution in [3.8, 4) is 0 Å². The van der Waals surface area contributed by atoms with Gasteiger partial charge in [-0.15, -0.1) is 21.5 Å². The summed E-state index contributed by atoms with van der Waals surface area (Å²) in [6.45, 7) is 3.55. The number of hydrogen-bond acceptors (Lipinski definition) is 9. The molecule has 1 atom stereocenters. The van der Waals surface area contributed by atoms with Gasteiger partial charge in [0.2, 0.25) is 10.9 Å². The van der Waals surface area contributed by atoms with Crippen LogP contribution >= 0.6 is 62.0 Å². The number of halogens is 2. The van der Waals surface area contributed by atoms with Crippen LogP contribution < -0.4 is 4.90 Å². The third-order valence-corrected chi connectivity index (χ3v) is 9.81. The highest BCUT2D eigenvalue weighted by molar-refractivity contribution is 9.10. The molecule has 0 spiro atoms. The van der Waals surface area contributed by atoms with E-state index in [1.54, 1.807) is 6.92 Å². The third kappa shape index (κ3) is 5.10. The summed E-state index contributed by atoms with van der Waals surface area (Å²) in [5.74, 6) is -1.08. The van der Waals surface area contributed by atoms with Crippen LogP contribution in [0.2, 0.25) is 5.02 Å². The fourth-order valence-electron chi connectivity index (χ4n) is 3.97. The molecule has 37 heavy (non-hydrogen) atoms. The van der Waals surface area contributed by atoms with Crippen LogP contribution in [0.4, 0.5) is 5.13 Å². The summed E-state index contributed by atoms with van der Waals surface area (Å²) in [7, 11) is 0. The first-order chi connectivity index (χ1) is 17.7. The quantitative estimate of drug-likeness (QED) is 0.132. The number of hydrogen-bond donors (Lipinski definition) is 1. The lowest BCUT2D eigenvalue weighted by Gasteiger charge is -2.24. The van der Waals surface area contributed by atoms with Crippen molar-refractivity contribution in [2.45, 2.75) is 30.0 Å². The maximum Gasteiger partial charge on any atom is 0.296 e. The predicted octanol–water partition coefficient (Wildman–Crippen LogP) is 7.10. The minimum atomic E-state index is -0.889. The van der Waals surface area contributed by atoms with Gasteiger partial charge in [0.15, 0.2) is 10.1 Å². The van der Waals surface area contributed by atoms with Crippen LogP contribution in [0, 0.1) is 13.8 Å². The number of aliphatic hydroxyl groups is 1. The number of thioether (sulfide) groups is 1. The lowest BCUT2D eigenvalue weighted by molar-refractivity contribution is -0.117. The van der Waals surface area contributed by atoms with Gasteiger partial charge in [0, 0.05) is 15.2 Å². The maximum absolute atomic E-state index is 13.7. The Morgan fingerprint density at radius 2 is 1.86 bits per heavy atom. The number of ketones is 1. The van der Waals surface area contributed by atoms with Gasteiger partial charge in [-0.05, 0) is 43.2 Å². The molecule has 188 valence electrons. The molecule has 0 saturated carbocycles. The van der Waals surface area contributed by atoms with E-state index in [1.165, 1.54) is 39.3 Å². The van der Waals surface area contributed by atoms with Crippen LogP contribution in [0.1, 0.15) is 37.5 Å². The molecule has 0 saturated heterocycles. The van der Waals surface area contributed by atoms with E-state index in [1.807, 2.05) is 55.5 Å². The average molecular weight is 634 g/mol. The lowest BCUT2D eigenvalue weighted by Crippen LogP contribution is -2.31. The van der Waals surface area contributed by atoms with Crippen LogP contribution in [0.15, 0.2) is 68.7 Å². The Morgan fingerprint density at radius 3 is 2.54 bits per heavy atom. The van der Waals surface area contributed by atoms with Gasteiger partial charge in [0.05, 0.1) is 27.2 Å². The fraction of sp³-hybridized carbons (Fsp3) is 0.160. The van der Waals surface area contributed by atoms with Crippen LogP contribution in [0.25, 0.3) is 0 Å². The molecule has 2 aromatic heterocycles. The van der Waals surface area contributed by atoms with Gasteiger partial charge >= 0.3 is 0 Å². The number of rotatable bonds is 7. The summed E-state index contributed by atoms with van der Waals surface area (Å²) in [5.41, 5.74) is 2.26. The number of aryl methyl sites for hydroxylation is 2. The first-order valence-corrected chi connectivity index (χ1v) is 14.7. The zero-order valence-corrected chi connectivity index (χ0v) is 24.2. The molecular formula is C25H18BrClN4O3S3. The number of benzene rings is 2. The minimum absolute atomic E-state index is 0.00535. The van der Waals surface area contributed by atoms with Crippen LogP contribution in [-0.2, 0) is 10.5 Å². The smallest absolute Gasteiger partial charge is 0.296 e. The van der Waals surface area contributed by atoms with Gasteiger partial charge in [0.25, 0.3) is 5.91 Å². The number of nitrogens with zero attached hydrogens (tertiary/aromatic N) is 4. The Hall–Kier alpha value is -2.57. The van der Waals surface area contributed by atoms with Gasteiger partial charge in [0.1, 0.15) is 0 Å². The van der Waals surface area contributed by atoms with Crippen molar-refractivity contribution in [2.75, 3.05) is 4.90 Å². The lowest BCUT2D eigenvalue weighted by atomic mass is 9.95. The van der Waals surface area contributed by atoms with Crippen molar-refractivity contribution in [3.63, 3.8) is 0 Å². The topological polar surface area (TPSA) is 96.3 Å². The summed E-state index contributed by atoms with van der Waals surface area (Å²) in [6, 6.07) is 13.9. The first kappa shape index (κ1) is 26.1. The molecule has 0 fully saturated rings. The molecule has 0 radical (unpaired) electrons. The van der Waals surface area contributed by atoms with E-state index in [2.05, 4.69) is 31.1 Å². The Labute approximate surface area is 238 Å². The molecule has 4 aromatic rings. The molecule has 0 bridgehead atoms. The van der Waals surface area contributed by atoms with Crippen LogP contribution in [-0.4, -0.2) is 32.0 Å². The van der Waals surface area contributed by atoms with Crippen molar-refractivity contribution in [1.29, 1.82) is 0 Å². The van der Waals surface area contributed by atoms with Crippen molar-refractivity contribution in [3.05, 3.63) is 96.1 Å². The molecule has 5 rings (SSSR count). The van der Waals surface area contributed by atoms with Crippen molar-refractivity contribution >= 4 is 78.8 Å². The highest BCUT2D eigenvalue weighted by Crippen LogP contribution is 2.46. The van der Waals surface area contributed by atoms with Crippen molar-refractivity contribution in [1.82, 2.24) is 15.2 Å². The van der Waals surface area contributed by atoms with Gasteiger partial charge in [-0.1, -0.05) is 81.0 Å². The number of carbonyl (C=O) groups is 2. The maximum atomic E-state index is 13.7. The average Bonchev–Trinajstić information content (AvgIpc) is 3.55. The zero-order valence-electron chi connectivity index (χ0n) is 19.4. The second-order valence-electron chi connectivity index (χ2n) is 8.10. The van der Waals surface area contributed by atoms with E-state index in [0.717, 1.165) is 10.6 Å². The Bertz CT molecular complexity index is 1550. The molecule has 3 heterocycles. The number of Topliss-reactive ketones (excluding diaryl/α,β-unsaturated/α-hetero) is 1.